The van der Waals surface area contributed by atoms with E-state index in [0.717, 1.165) is 93.1 Å². The number of carbonyl (C=O) groups is 1. The standard InChI is InChI=1S/C31H37N5O2/c1-2-3-22-38-27-13-11-25(12-14-27)28-23-29-30(32-18-21-36(29)34-28)35-19-15-26(16-20-35)31(37)33-17-7-10-24-8-5-4-6-9-24/h4-6,8-9,11-14,18,21,23,26H,2-3,7,10,15-17,19-20,22H2,1H3,(H,33,37). The van der Waals surface area contributed by atoms with Crippen molar-refractivity contribution in [3.05, 3.63) is 78.6 Å². The second-order valence-corrected chi connectivity index (χ2v) is 9.98. The molecule has 2 aromatic carbocycles. The van der Waals surface area contributed by atoms with Crippen LogP contribution in [0.2, 0.25) is 0 Å². The Morgan fingerprint density at radius 2 is 1.84 bits per heavy atom. The molecular formula is C31H37N5O2. The number of nitrogens with zero attached hydrogens (tertiary/aromatic N) is 4. The van der Waals surface area contributed by atoms with E-state index in [9.17, 15) is 4.79 Å². The molecule has 3 heterocycles. The summed E-state index contributed by atoms with van der Waals surface area (Å²) in [6.45, 7) is 5.23. The van der Waals surface area contributed by atoms with Crippen molar-refractivity contribution < 1.29 is 9.53 Å². The highest BCUT2D eigenvalue weighted by Gasteiger charge is 2.26. The van der Waals surface area contributed by atoms with E-state index in [1.807, 2.05) is 28.9 Å². The monoisotopic (exact) mass is 511 g/mol. The molecule has 198 valence electrons. The SMILES string of the molecule is CCCCOc1ccc(-c2cc3c(N4CCC(C(=O)NCCCc5ccccc5)CC4)nccn3n2)cc1. The van der Waals surface area contributed by atoms with Crippen LogP contribution in [0.3, 0.4) is 0 Å². The number of anilines is 1. The van der Waals surface area contributed by atoms with Gasteiger partial charge in [-0.25, -0.2) is 9.50 Å². The highest BCUT2D eigenvalue weighted by Crippen LogP contribution is 2.29. The molecule has 2 aromatic heterocycles. The second-order valence-electron chi connectivity index (χ2n) is 9.98. The number of benzene rings is 2. The van der Waals surface area contributed by atoms with Crippen LogP contribution >= 0.6 is 0 Å². The van der Waals surface area contributed by atoms with Gasteiger partial charge in [-0.3, -0.25) is 4.79 Å². The Labute approximate surface area is 224 Å². The zero-order chi connectivity index (χ0) is 26.2. The van der Waals surface area contributed by atoms with Crippen molar-refractivity contribution in [3.8, 4) is 17.0 Å². The fourth-order valence-corrected chi connectivity index (χ4v) is 5.00. The zero-order valence-electron chi connectivity index (χ0n) is 22.2. The van der Waals surface area contributed by atoms with Gasteiger partial charge in [0.25, 0.3) is 0 Å². The number of hydrogen-bond donors (Lipinski definition) is 1. The maximum Gasteiger partial charge on any atom is 0.223 e. The van der Waals surface area contributed by atoms with E-state index in [1.165, 1.54) is 5.56 Å². The van der Waals surface area contributed by atoms with Crippen LogP contribution in [-0.2, 0) is 11.2 Å². The first-order valence-corrected chi connectivity index (χ1v) is 13.9. The van der Waals surface area contributed by atoms with E-state index in [0.29, 0.717) is 0 Å². The summed E-state index contributed by atoms with van der Waals surface area (Å²) in [6.07, 6.45) is 9.46. The van der Waals surface area contributed by atoms with E-state index < -0.39 is 0 Å². The van der Waals surface area contributed by atoms with E-state index in [1.54, 1.807) is 6.20 Å². The van der Waals surface area contributed by atoms with Gasteiger partial charge in [0.1, 0.15) is 11.3 Å². The number of ether oxygens (including phenoxy) is 1. The van der Waals surface area contributed by atoms with Crippen molar-refractivity contribution in [2.45, 2.75) is 45.4 Å². The molecule has 1 aliphatic heterocycles. The average Bonchev–Trinajstić information content (AvgIpc) is 3.41. The highest BCUT2D eigenvalue weighted by atomic mass is 16.5. The Morgan fingerprint density at radius 3 is 2.61 bits per heavy atom. The first kappa shape index (κ1) is 25.8. The van der Waals surface area contributed by atoms with Crippen LogP contribution in [0.15, 0.2) is 73.1 Å². The Kier molecular flexibility index (Phi) is 8.53. The van der Waals surface area contributed by atoms with Crippen molar-refractivity contribution in [3.63, 3.8) is 0 Å². The molecule has 1 aliphatic rings. The summed E-state index contributed by atoms with van der Waals surface area (Å²) >= 11 is 0. The number of hydrogen-bond acceptors (Lipinski definition) is 5. The number of aromatic nitrogens is 3. The lowest BCUT2D eigenvalue weighted by Gasteiger charge is -2.32. The van der Waals surface area contributed by atoms with E-state index in [4.69, 9.17) is 14.8 Å². The van der Waals surface area contributed by atoms with Crippen LogP contribution in [0, 0.1) is 5.92 Å². The molecule has 7 nitrogen and oxygen atoms in total. The van der Waals surface area contributed by atoms with Crippen molar-refractivity contribution in [2.24, 2.45) is 5.92 Å². The van der Waals surface area contributed by atoms with Crippen molar-refractivity contribution in [2.75, 3.05) is 31.1 Å². The van der Waals surface area contributed by atoms with Crippen molar-refractivity contribution in [1.82, 2.24) is 19.9 Å². The summed E-state index contributed by atoms with van der Waals surface area (Å²) in [5, 5.41) is 7.95. The van der Waals surface area contributed by atoms with Crippen LogP contribution in [0.1, 0.15) is 44.6 Å². The molecule has 38 heavy (non-hydrogen) atoms. The molecule has 7 heteroatoms. The largest absolute Gasteiger partial charge is 0.494 e. The van der Waals surface area contributed by atoms with Gasteiger partial charge >= 0.3 is 0 Å². The lowest BCUT2D eigenvalue weighted by atomic mass is 9.95. The number of amides is 1. The molecule has 1 N–H and O–H groups in total. The predicted octanol–water partition coefficient (Wildman–Crippen LogP) is 5.54. The third kappa shape index (κ3) is 6.33. The Bertz CT molecular complexity index is 1310. The predicted molar refractivity (Wildman–Crippen MR) is 152 cm³/mol. The van der Waals surface area contributed by atoms with Gasteiger partial charge in [-0.05, 0) is 68.0 Å². The van der Waals surface area contributed by atoms with Gasteiger partial charge in [0, 0.05) is 43.5 Å². The molecule has 0 saturated carbocycles. The Balaban J connectivity index is 1.16. The highest BCUT2D eigenvalue weighted by molar-refractivity contribution is 5.79. The maximum atomic E-state index is 12.8. The van der Waals surface area contributed by atoms with E-state index >= 15 is 0 Å². The number of carbonyl (C=O) groups excluding carboxylic acids is 1. The molecule has 0 atom stereocenters. The lowest BCUT2D eigenvalue weighted by molar-refractivity contribution is -0.125. The number of piperidine rings is 1. The van der Waals surface area contributed by atoms with Crippen LogP contribution < -0.4 is 15.0 Å². The molecule has 0 radical (unpaired) electrons. The van der Waals surface area contributed by atoms with Gasteiger partial charge < -0.3 is 15.0 Å². The lowest BCUT2D eigenvalue weighted by Crippen LogP contribution is -2.41. The summed E-state index contributed by atoms with van der Waals surface area (Å²) < 4.78 is 7.69. The van der Waals surface area contributed by atoms with Crippen LogP contribution in [-0.4, -0.2) is 46.7 Å². The zero-order valence-corrected chi connectivity index (χ0v) is 22.2. The number of unbranched alkanes of at least 4 members (excludes halogenated alkanes) is 1. The first-order valence-electron chi connectivity index (χ1n) is 13.9. The molecule has 1 fully saturated rings. The van der Waals surface area contributed by atoms with Gasteiger partial charge in [0.05, 0.1) is 12.3 Å². The van der Waals surface area contributed by atoms with E-state index in [-0.39, 0.29) is 11.8 Å². The Morgan fingerprint density at radius 1 is 1.05 bits per heavy atom. The second kappa shape index (κ2) is 12.6. The fraction of sp³-hybridized carbons (Fsp3) is 0.387. The van der Waals surface area contributed by atoms with Crippen LogP contribution in [0.25, 0.3) is 16.8 Å². The number of rotatable bonds is 11. The molecule has 0 bridgehead atoms. The molecule has 1 amide bonds. The van der Waals surface area contributed by atoms with E-state index in [2.05, 4.69) is 59.6 Å². The molecule has 0 spiro atoms. The minimum absolute atomic E-state index is 0.0567. The molecule has 5 rings (SSSR count). The minimum Gasteiger partial charge on any atom is -0.494 e. The van der Waals surface area contributed by atoms with Crippen molar-refractivity contribution >= 4 is 17.2 Å². The summed E-state index contributed by atoms with van der Waals surface area (Å²) in [4.78, 5) is 19.7. The minimum atomic E-state index is 0.0567. The topological polar surface area (TPSA) is 71.8 Å². The molecule has 1 saturated heterocycles. The quantitative estimate of drug-likeness (QED) is 0.268. The summed E-state index contributed by atoms with van der Waals surface area (Å²) in [7, 11) is 0. The van der Waals surface area contributed by atoms with Gasteiger partial charge in [0.2, 0.25) is 5.91 Å². The van der Waals surface area contributed by atoms with Gasteiger partial charge in [-0.2, -0.15) is 5.10 Å². The van der Waals surface area contributed by atoms with Gasteiger partial charge in [-0.1, -0.05) is 43.7 Å². The smallest absolute Gasteiger partial charge is 0.223 e. The van der Waals surface area contributed by atoms with Crippen molar-refractivity contribution in [1.29, 1.82) is 0 Å². The summed E-state index contributed by atoms with van der Waals surface area (Å²) in [6, 6.07) is 20.6. The third-order valence-corrected chi connectivity index (χ3v) is 7.24. The van der Waals surface area contributed by atoms with Crippen LogP contribution in [0.5, 0.6) is 5.75 Å². The van der Waals surface area contributed by atoms with Crippen LogP contribution in [0.4, 0.5) is 5.82 Å². The maximum absolute atomic E-state index is 12.8. The Hall–Kier alpha value is -3.87. The normalized spacial score (nSPS) is 14.1. The first-order chi connectivity index (χ1) is 18.7. The average molecular weight is 512 g/mol. The number of nitrogens with one attached hydrogen (secondary N) is 1. The van der Waals surface area contributed by atoms with Gasteiger partial charge in [0.15, 0.2) is 5.82 Å². The van der Waals surface area contributed by atoms with Gasteiger partial charge in [-0.15, -0.1) is 0 Å². The number of fused-ring (bicyclic) bond motifs is 1. The third-order valence-electron chi connectivity index (χ3n) is 7.24. The molecule has 0 aliphatic carbocycles. The molecular weight excluding hydrogens is 474 g/mol. The number of aryl methyl sites for hydroxylation is 1. The molecule has 4 aromatic rings. The summed E-state index contributed by atoms with van der Waals surface area (Å²) in [5.74, 6) is 2.04. The fourth-order valence-electron chi connectivity index (χ4n) is 5.00. The summed E-state index contributed by atoms with van der Waals surface area (Å²) in [5.41, 5.74) is 4.25. The molecule has 0 unspecified atom stereocenters.